The lowest BCUT2D eigenvalue weighted by Gasteiger charge is -2.18. The van der Waals surface area contributed by atoms with E-state index in [0.717, 1.165) is 64.2 Å². The van der Waals surface area contributed by atoms with Crippen LogP contribution in [0.15, 0.2) is 24.3 Å². The van der Waals surface area contributed by atoms with Crippen molar-refractivity contribution in [1.82, 2.24) is 0 Å². The highest BCUT2D eigenvalue weighted by Crippen LogP contribution is 2.18. The molecule has 6 nitrogen and oxygen atoms in total. The number of hydrogen-bond acceptors (Lipinski definition) is 6. The van der Waals surface area contributed by atoms with Crippen molar-refractivity contribution in [1.29, 1.82) is 0 Å². The minimum absolute atomic E-state index is 0.0642. The Morgan fingerprint density at radius 1 is 0.267 bits per heavy atom. The number of carbonyl (C=O) groups excluding carboxylic acids is 3. The molecule has 0 aromatic rings. The fraction of sp³-hybridized carbons (Fsp3) is 0.899. The standard InChI is InChI=1S/C69H130O6/c1-4-7-10-13-16-18-20-22-24-26-28-29-30-31-32-33-34-35-36-37-38-39-41-42-44-46-48-50-53-56-59-62-68(71)74-65-66(64-73-67(70)61-58-55-52-15-12-9-6-3)75-69(72)63-60-57-54-51-49-47-45-43-40-27-25-23-21-19-17-14-11-8-5-2/h20,22,26,28,66H,4-19,21,23-25,27,29-65H2,1-3H3/b22-20-,28-26-. The number of unbranched alkanes of at least 4 members (excludes halogenated alkanes) is 48. The van der Waals surface area contributed by atoms with Crippen molar-refractivity contribution in [3.8, 4) is 0 Å². The van der Waals surface area contributed by atoms with Gasteiger partial charge in [-0.2, -0.15) is 0 Å². The third-order valence-electron chi connectivity index (χ3n) is 15.5. The zero-order valence-electron chi connectivity index (χ0n) is 50.8. The molecule has 1 unspecified atom stereocenters. The molecule has 0 N–H and O–H groups in total. The average Bonchev–Trinajstić information content (AvgIpc) is 3.41. The SMILES string of the molecule is CCCCCCC/C=C\C/C=C\CCCCCCCCCCCCCCCCCCCCCC(=O)OCC(COC(=O)CCCCCCCCC)OC(=O)CCCCCCCCCCCCCCCCCCCCC. The summed E-state index contributed by atoms with van der Waals surface area (Å²) in [4.78, 5) is 38.1. The number of esters is 3. The van der Waals surface area contributed by atoms with Crippen molar-refractivity contribution in [2.75, 3.05) is 13.2 Å². The van der Waals surface area contributed by atoms with E-state index in [9.17, 15) is 14.4 Å². The van der Waals surface area contributed by atoms with Gasteiger partial charge in [0.2, 0.25) is 0 Å². The van der Waals surface area contributed by atoms with Crippen molar-refractivity contribution in [3.63, 3.8) is 0 Å². The van der Waals surface area contributed by atoms with Gasteiger partial charge in [0.15, 0.2) is 6.10 Å². The Balaban J connectivity index is 3.99. The quantitative estimate of drug-likeness (QED) is 0.0261. The molecular weight excluding hydrogens is 925 g/mol. The van der Waals surface area contributed by atoms with Crippen LogP contribution in [0.25, 0.3) is 0 Å². The number of allylic oxidation sites excluding steroid dienone is 4. The molecule has 0 saturated heterocycles. The van der Waals surface area contributed by atoms with E-state index in [0.29, 0.717) is 19.3 Å². The van der Waals surface area contributed by atoms with Gasteiger partial charge in [0.25, 0.3) is 0 Å². The Morgan fingerprint density at radius 2 is 0.480 bits per heavy atom. The second-order valence-electron chi connectivity index (χ2n) is 23.1. The van der Waals surface area contributed by atoms with Crippen LogP contribution in [0.3, 0.4) is 0 Å². The lowest BCUT2D eigenvalue weighted by molar-refractivity contribution is -0.167. The first-order valence-corrected chi connectivity index (χ1v) is 33.8. The van der Waals surface area contributed by atoms with Gasteiger partial charge in [-0.05, 0) is 51.4 Å². The lowest BCUT2D eigenvalue weighted by atomic mass is 10.0. The fourth-order valence-corrected chi connectivity index (χ4v) is 10.4. The highest BCUT2D eigenvalue weighted by Gasteiger charge is 2.19. The molecule has 0 aromatic heterocycles. The van der Waals surface area contributed by atoms with E-state index in [4.69, 9.17) is 14.2 Å². The van der Waals surface area contributed by atoms with E-state index in [1.807, 2.05) is 0 Å². The van der Waals surface area contributed by atoms with Crippen LogP contribution in [-0.4, -0.2) is 37.2 Å². The minimum Gasteiger partial charge on any atom is -0.462 e. The van der Waals surface area contributed by atoms with Gasteiger partial charge in [-0.15, -0.1) is 0 Å². The monoisotopic (exact) mass is 1050 g/mol. The summed E-state index contributed by atoms with van der Waals surface area (Å²) in [6, 6.07) is 0. The van der Waals surface area contributed by atoms with Crippen molar-refractivity contribution in [2.24, 2.45) is 0 Å². The number of ether oxygens (including phenoxy) is 3. The summed E-state index contributed by atoms with van der Waals surface area (Å²) in [5.41, 5.74) is 0. The molecule has 75 heavy (non-hydrogen) atoms. The third-order valence-corrected chi connectivity index (χ3v) is 15.5. The van der Waals surface area contributed by atoms with Gasteiger partial charge in [0, 0.05) is 19.3 Å². The molecule has 0 saturated carbocycles. The van der Waals surface area contributed by atoms with Gasteiger partial charge in [-0.25, -0.2) is 0 Å². The van der Waals surface area contributed by atoms with Gasteiger partial charge in [-0.3, -0.25) is 14.4 Å². The molecule has 0 rings (SSSR count). The highest BCUT2D eigenvalue weighted by atomic mass is 16.6. The molecular formula is C69H130O6. The lowest BCUT2D eigenvalue weighted by Crippen LogP contribution is -2.30. The van der Waals surface area contributed by atoms with Crippen LogP contribution in [-0.2, 0) is 28.6 Å². The van der Waals surface area contributed by atoms with E-state index < -0.39 is 6.10 Å². The van der Waals surface area contributed by atoms with Gasteiger partial charge in [0.05, 0.1) is 0 Å². The van der Waals surface area contributed by atoms with Gasteiger partial charge in [0.1, 0.15) is 13.2 Å². The maximum atomic E-state index is 12.9. The number of carbonyl (C=O) groups is 3. The molecule has 442 valence electrons. The molecule has 0 heterocycles. The molecule has 0 aliphatic rings. The molecule has 6 heteroatoms. The Hall–Kier alpha value is -2.11. The maximum absolute atomic E-state index is 12.9. The van der Waals surface area contributed by atoms with Crippen LogP contribution >= 0.6 is 0 Å². The summed E-state index contributed by atoms with van der Waals surface area (Å²) >= 11 is 0. The van der Waals surface area contributed by atoms with Crippen LogP contribution in [0, 0.1) is 0 Å². The van der Waals surface area contributed by atoms with Gasteiger partial charge in [-0.1, -0.05) is 334 Å². The Bertz CT molecular complexity index is 1210. The van der Waals surface area contributed by atoms with Crippen LogP contribution in [0.4, 0.5) is 0 Å². The molecule has 0 amide bonds. The first-order valence-electron chi connectivity index (χ1n) is 33.8. The zero-order chi connectivity index (χ0) is 54.3. The molecule has 0 bridgehead atoms. The van der Waals surface area contributed by atoms with Crippen LogP contribution in [0.1, 0.15) is 380 Å². The van der Waals surface area contributed by atoms with Crippen molar-refractivity contribution in [2.45, 2.75) is 386 Å². The number of hydrogen-bond donors (Lipinski definition) is 0. The summed E-state index contributed by atoms with van der Waals surface area (Å²) in [7, 11) is 0. The zero-order valence-corrected chi connectivity index (χ0v) is 50.8. The summed E-state index contributed by atoms with van der Waals surface area (Å²) in [6.07, 6.45) is 78.1. The highest BCUT2D eigenvalue weighted by molar-refractivity contribution is 5.71. The second kappa shape index (κ2) is 64.4. The minimum atomic E-state index is -0.764. The van der Waals surface area contributed by atoms with Crippen molar-refractivity contribution < 1.29 is 28.6 Å². The van der Waals surface area contributed by atoms with E-state index in [1.165, 1.54) is 276 Å². The maximum Gasteiger partial charge on any atom is 0.306 e. The van der Waals surface area contributed by atoms with Crippen molar-refractivity contribution >= 4 is 17.9 Å². The van der Waals surface area contributed by atoms with Gasteiger partial charge < -0.3 is 14.2 Å². The molecule has 0 aromatic carbocycles. The first kappa shape index (κ1) is 72.9. The van der Waals surface area contributed by atoms with E-state index >= 15 is 0 Å². The summed E-state index contributed by atoms with van der Waals surface area (Å²) in [5, 5.41) is 0. The second-order valence-corrected chi connectivity index (χ2v) is 23.1. The third kappa shape index (κ3) is 62.6. The Kier molecular flexibility index (Phi) is 62.6. The largest absolute Gasteiger partial charge is 0.462 e. The summed E-state index contributed by atoms with van der Waals surface area (Å²) in [6.45, 7) is 6.66. The number of rotatable bonds is 63. The predicted molar refractivity (Wildman–Crippen MR) is 326 cm³/mol. The van der Waals surface area contributed by atoms with E-state index in [2.05, 4.69) is 45.1 Å². The predicted octanol–water partition coefficient (Wildman–Crippen LogP) is 23.0. The average molecular weight is 1060 g/mol. The molecule has 0 fully saturated rings. The smallest absolute Gasteiger partial charge is 0.306 e. The first-order chi connectivity index (χ1) is 37.0. The van der Waals surface area contributed by atoms with E-state index in [1.54, 1.807) is 0 Å². The fourth-order valence-electron chi connectivity index (χ4n) is 10.4. The van der Waals surface area contributed by atoms with Crippen LogP contribution in [0.5, 0.6) is 0 Å². The van der Waals surface area contributed by atoms with Crippen molar-refractivity contribution in [3.05, 3.63) is 24.3 Å². The molecule has 1 atom stereocenters. The normalized spacial score (nSPS) is 12.1. The molecule has 0 aliphatic heterocycles. The van der Waals surface area contributed by atoms with Gasteiger partial charge >= 0.3 is 17.9 Å². The summed E-state index contributed by atoms with van der Waals surface area (Å²) in [5.74, 6) is -0.843. The van der Waals surface area contributed by atoms with E-state index in [-0.39, 0.29) is 31.1 Å². The Morgan fingerprint density at radius 3 is 0.733 bits per heavy atom. The molecule has 0 spiro atoms. The topological polar surface area (TPSA) is 78.9 Å². The molecule has 0 aliphatic carbocycles. The molecule has 0 radical (unpaired) electrons. The Labute approximate surface area is 468 Å². The van der Waals surface area contributed by atoms with Crippen LogP contribution in [0.2, 0.25) is 0 Å². The summed E-state index contributed by atoms with van der Waals surface area (Å²) < 4.78 is 16.9. The van der Waals surface area contributed by atoms with Crippen LogP contribution < -0.4 is 0 Å².